The molecule has 1 aliphatic heterocycles. The molecular weight excluding hydrogens is 194 g/mol. The number of piperidine rings is 1. The van der Waals surface area contributed by atoms with E-state index in [1.54, 1.807) is 20.8 Å². The molecule has 0 aromatic carbocycles. The second kappa shape index (κ2) is 4.94. The Labute approximate surface area is 91.0 Å². The van der Waals surface area contributed by atoms with Crippen molar-refractivity contribution in [3.63, 3.8) is 0 Å². The Bertz CT molecular complexity index is 216. The maximum atomic E-state index is 11.5. The van der Waals surface area contributed by atoms with Crippen LogP contribution in [-0.4, -0.2) is 35.4 Å². The number of rotatable bonds is 2. The number of nitrogens with one attached hydrogen (secondary N) is 1. The maximum Gasteiger partial charge on any atom is 0.337 e. The zero-order valence-corrected chi connectivity index (χ0v) is 9.75. The van der Waals surface area contributed by atoms with Crippen molar-refractivity contribution in [1.29, 1.82) is 0 Å². The molecule has 0 spiro atoms. The summed E-state index contributed by atoms with van der Waals surface area (Å²) >= 11 is 0. The lowest BCUT2D eigenvalue weighted by Crippen LogP contribution is -2.48. The zero-order chi connectivity index (χ0) is 11.5. The van der Waals surface area contributed by atoms with Gasteiger partial charge >= 0.3 is 5.97 Å². The summed E-state index contributed by atoms with van der Waals surface area (Å²) in [6.07, 6.45) is 1.96. The first-order valence-electron chi connectivity index (χ1n) is 5.54. The molecule has 0 aliphatic carbocycles. The van der Waals surface area contributed by atoms with Crippen LogP contribution in [0, 0.1) is 0 Å². The fraction of sp³-hybridized carbons (Fsp3) is 0.909. The van der Waals surface area contributed by atoms with Crippen LogP contribution in [0.5, 0.6) is 0 Å². The average molecular weight is 215 g/mol. The number of hydrogen-bond acceptors (Lipinski definition) is 4. The predicted octanol–water partition coefficient (Wildman–Crippen LogP) is 0.831. The predicted molar refractivity (Wildman–Crippen MR) is 57.5 cm³/mol. The van der Waals surface area contributed by atoms with Gasteiger partial charge in [-0.25, -0.2) is 4.79 Å². The van der Waals surface area contributed by atoms with Crippen LogP contribution in [0.2, 0.25) is 0 Å². The SMILES string of the molecule is CC(C)(C)OC(=O)[C@@H](O)[C@@H]1CCCCN1. The van der Waals surface area contributed by atoms with Crippen molar-refractivity contribution in [3.8, 4) is 0 Å². The number of esters is 1. The lowest BCUT2D eigenvalue weighted by Gasteiger charge is -2.29. The molecule has 0 unspecified atom stereocenters. The van der Waals surface area contributed by atoms with Crippen molar-refractivity contribution in [2.75, 3.05) is 6.54 Å². The van der Waals surface area contributed by atoms with Gasteiger partial charge in [-0.2, -0.15) is 0 Å². The number of aliphatic hydroxyl groups is 1. The van der Waals surface area contributed by atoms with Crippen LogP contribution in [0.3, 0.4) is 0 Å². The van der Waals surface area contributed by atoms with E-state index in [1.165, 1.54) is 0 Å². The molecule has 4 nitrogen and oxygen atoms in total. The Balaban J connectivity index is 2.44. The van der Waals surface area contributed by atoms with Gasteiger partial charge in [0.2, 0.25) is 0 Å². The molecule has 0 saturated carbocycles. The van der Waals surface area contributed by atoms with Gasteiger partial charge in [0.05, 0.1) is 0 Å². The lowest BCUT2D eigenvalue weighted by atomic mass is 10.00. The molecule has 0 radical (unpaired) electrons. The molecule has 1 fully saturated rings. The lowest BCUT2D eigenvalue weighted by molar-refractivity contribution is -0.167. The molecule has 0 amide bonds. The minimum Gasteiger partial charge on any atom is -0.458 e. The van der Waals surface area contributed by atoms with E-state index in [0.717, 1.165) is 25.8 Å². The number of carbonyl (C=O) groups excluding carboxylic acids is 1. The normalized spacial score (nSPS) is 24.7. The first kappa shape index (κ1) is 12.5. The zero-order valence-electron chi connectivity index (χ0n) is 9.75. The Hall–Kier alpha value is -0.610. The second-order valence-corrected chi connectivity index (χ2v) is 5.03. The van der Waals surface area contributed by atoms with E-state index in [1.807, 2.05) is 0 Å². The third kappa shape index (κ3) is 4.18. The monoisotopic (exact) mass is 215 g/mol. The maximum absolute atomic E-state index is 11.5. The van der Waals surface area contributed by atoms with Crippen LogP contribution in [0.1, 0.15) is 40.0 Å². The van der Waals surface area contributed by atoms with Crippen LogP contribution in [0.15, 0.2) is 0 Å². The highest BCUT2D eigenvalue weighted by atomic mass is 16.6. The molecule has 88 valence electrons. The van der Waals surface area contributed by atoms with Gasteiger partial charge in [0.15, 0.2) is 6.10 Å². The highest BCUT2D eigenvalue weighted by Crippen LogP contribution is 2.14. The molecule has 2 N–H and O–H groups in total. The highest BCUT2D eigenvalue weighted by Gasteiger charge is 2.30. The standard InChI is InChI=1S/C11H21NO3/c1-11(2,3)15-10(14)9(13)8-6-4-5-7-12-8/h8-9,12-13H,4-7H2,1-3H3/t8-,9-/m0/s1. The van der Waals surface area contributed by atoms with E-state index in [2.05, 4.69) is 5.32 Å². The van der Waals surface area contributed by atoms with Crippen molar-refractivity contribution in [2.45, 2.75) is 57.8 Å². The van der Waals surface area contributed by atoms with Crippen molar-refractivity contribution < 1.29 is 14.6 Å². The average Bonchev–Trinajstić information content (AvgIpc) is 2.15. The summed E-state index contributed by atoms with van der Waals surface area (Å²) < 4.78 is 5.12. The number of hydrogen-bond donors (Lipinski definition) is 2. The van der Waals surface area contributed by atoms with Gasteiger partial charge in [-0.3, -0.25) is 0 Å². The number of ether oxygens (including phenoxy) is 1. The summed E-state index contributed by atoms with van der Waals surface area (Å²) in [5, 5.41) is 12.9. The summed E-state index contributed by atoms with van der Waals surface area (Å²) in [4.78, 5) is 11.5. The van der Waals surface area contributed by atoms with E-state index in [9.17, 15) is 9.90 Å². The third-order valence-corrected chi connectivity index (χ3v) is 2.38. The van der Waals surface area contributed by atoms with E-state index in [4.69, 9.17) is 4.74 Å². The molecule has 1 aliphatic rings. The molecule has 15 heavy (non-hydrogen) atoms. The fourth-order valence-corrected chi connectivity index (χ4v) is 1.67. The smallest absolute Gasteiger partial charge is 0.337 e. The van der Waals surface area contributed by atoms with Gasteiger partial charge in [0.25, 0.3) is 0 Å². The highest BCUT2D eigenvalue weighted by molar-refractivity contribution is 5.75. The Morgan fingerprint density at radius 3 is 2.60 bits per heavy atom. The molecule has 1 saturated heterocycles. The largest absolute Gasteiger partial charge is 0.458 e. The Morgan fingerprint density at radius 1 is 1.47 bits per heavy atom. The van der Waals surface area contributed by atoms with Crippen LogP contribution >= 0.6 is 0 Å². The second-order valence-electron chi connectivity index (χ2n) is 5.03. The third-order valence-electron chi connectivity index (χ3n) is 2.38. The molecule has 1 rings (SSSR count). The molecular formula is C11H21NO3. The van der Waals surface area contributed by atoms with Crippen molar-refractivity contribution in [1.82, 2.24) is 5.32 Å². The van der Waals surface area contributed by atoms with Crippen molar-refractivity contribution in [2.24, 2.45) is 0 Å². The molecule has 0 aromatic heterocycles. The first-order valence-corrected chi connectivity index (χ1v) is 5.54. The molecule has 2 atom stereocenters. The topological polar surface area (TPSA) is 58.6 Å². The quantitative estimate of drug-likeness (QED) is 0.670. The van der Waals surface area contributed by atoms with Gasteiger partial charge in [-0.05, 0) is 40.2 Å². The van der Waals surface area contributed by atoms with Gasteiger partial charge in [0.1, 0.15) is 5.60 Å². The fourth-order valence-electron chi connectivity index (χ4n) is 1.67. The first-order chi connectivity index (χ1) is 6.90. The molecule has 4 heteroatoms. The Kier molecular flexibility index (Phi) is 4.11. The van der Waals surface area contributed by atoms with E-state index >= 15 is 0 Å². The van der Waals surface area contributed by atoms with Gasteiger partial charge < -0.3 is 15.2 Å². The van der Waals surface area contributed by atoms with E-state index in [-0.39, 0.29) is 6.04 Å². The van der Waals surface area contributed by atoms with Gasteiger partial charge in [0, 0.05) is 6.04 Å². The summed E-state index contributed by atoms with van der Waals surface area (Å²) in [6.45, 7) is 6.26. The number of aliphatic hydroxyl groups excluding tert-OH is 1. The minimum absolute atomic E-state index is 0.145. The van der Waals surface area contributed by atoms with Crippen LogP contribution in [0.4, 0.5) is 0 Å². The van der Waals surface area contributed by atoms with Crippen molar-refractivity contribution >= 4 is 5.97 Å². The van der Waals surface area contributed by atoms with Crippen LogP contribution in [-0.2, 0) is 9.53 Å². The summed E-state index contributed by atoms with van der Waals surface area (Å²) in [5.41, 5.74) is -0.535. The van der Waals surface area contributed by atoms with E-state index in [0.29, 0.717) is 0 Å². The van der Waals surface area contributed by atoms with E-state index < -0.39 is 17.7 Å². The molecule has 0 bridgehead atoms. The Morgan fingerprint density at radius 2 is 2.13 bits per heavy atom. The van der Waals surface area contributed by atoms with Gasteiger partial charge in [-0.15, -0.1) is 0 Å². The van der Waals surface area contributed by atoms with Gasteiger partial charge in [-0.1, -0.05) is 6.42 Å². The van der Waals surface area contributed by atoms with Crippen molar-refractivity contribution in [3.05, 3.63) is 0 Å². The van der Waals surface area contributed by atoms with Crippen LogP contribution in [0.25, 0.3) is 0 Å². The number of carbonyl (C=O) groups is 1. The molecule has 1 heterocycles. The summed E-state index contributed by atoms with van der Waals surface area (Å²) in [6, 6.07) is -0.145. The summed E-state index contributed by atoms with van der Waals surface area (Å²) in [7, 11) is 0. The minimum atomic E-state index is -1.04. The summed E-state index contributed by atoms with van der Waals surface area (Å²) in [5.74, 6) is -0.526. The molecule has 0 aromatic rings. The van der Waals surface area contributed by atoms with Crippen LogP contribution < -0.4 is 5.32 Å².